The van der Waals surface area contributed by atoms with Gasteiger partial charge in [-0.1, -0.05) is 29.8 Å². The van der Waals surface area contributed by atoms with Crippen LogP contribution in [0.25, 0.3) is 0 Å². The van der Waals surface area contributed by atoms with Gasteiger partial charge in [0.2, 0.25) is 0 Å². The van der Waals surface area contributed by atoms with Crippen molar-refractivity contribution in [3.05, 3.63) is 34.9 Å². The Balaban J connectivity index is 2.37. The molecule has 0 aliphatic carbocycles. The number of nitrogens with two attached hydrogens (primary N) is 1. The second-order valence-electron chi connectivity index (χ2n) is 3.98. The highest BCUT2D eigenvalue weighted by atomic mass is 35.5. The van der Waals surface area contributed by atoms with Crippen LogP contribution in [-0.4, -0.2) is 19.4 Å². The van der Waals surface area contributed by atoms with Crippen LogP contribution in [0.2, 0.25) is 5.02 Å². The Bertz CT molecular complexity index is 372. The zero-order valence-corrected chi connectivity index (χ0v) is 10.0. The van der Waals surface area contributed by atoms with Gasteiger partial charge in [-0.3, -0.25) is 0 Å². The summed E-state index contributed by atoms with van der Waals surface area (Å²) in [6.07, 6.45) is 0.492. The molecular formula is C12H16ClNO2. The second kappa shape index (κ2) is 4.72. The van der Waals surface area contributed by atoms with Gasteiger partial charge < -0.3 is 15.2 Å². The summed E-state index contributed by atoms with van der Waals surface area (Å²) in [4.78, 5) is 0. The molecule has 1 aromatic rings. The lowest BCUT2D eigenvalue weighted by atomic mass is 9.89. The normalized spacial score (nSPS) is 30.3. The number of hydrogen-bond donors (Lipinski definition) is 1. The largest absolute Gasteiger partial charge is 0.353 e. The molecule has 0 radical (unpaired) electrons. The summed E-state index contributed by atoms with van der Waals surface area (Å²) in [6, 6.07) is 7.67. The Morgan fingerprint density at radius 3 is 2.88 bits per heavy atom. The van der Waals surface area contributed by atoms with Gasteiger partial charge in [0.05, 0.1) is 6.61 Å². The molecule has 0 amide bonds. The van der Waals surface area contributed by atoms with Crippen LogP contribution in [0.1, 0.15) is 18.9 Å². The summed E-state index contributed by atoms with van der Waals surface area (Å²) < 4.78 is 11.2. The average Bonchev–Trinajstić information content (AvgIpc) is 2.29. The van der Waals surface area contributed by atoms with Gasteiger partial charge in [0, 0.05) is 23.6 Å². The summed E-state index contributed by atoms with van der Waals surface area (Å²) in [6.45, 7) is 2.93. The van der Waals surface area contributed by atoms with Crippen LogP contribution < -0.4 is 5.73 Å². The van der Waals surface area contributed by atoms with Crippen LogP contribution in [0.4, 0.5) is 0 Å². The van der Waals surface area contributed by atoms with E-state index >= 15 is 0 Å². The molecule has 2 atom stereocenters. The highest BCUT2D eigenvalue weighted by Gasteiger charge is 2.38. The van der Waals surface area contributed by atoms with Crippen molar-refractivity contribution in [3.63, 3.8) is 0 Å². The molecule has 2 unspecified atom stereocenters. The predicted octanol–water partition coefficient (Wildman–Crippen LogP) is 2.28. The first-order valence-corrected chi connectivity index (χ1v) is 5.80. The van der Waals surface area contributed by atoms with Crippen molar-refractivity contribution < 1.29 is 9.47 Å². The van der Waals surface area contributed by atoms with E-state index < -0.39 is 5.60 Å². The smallest absolute Gasteiger partial charge is 0.156 e. The molecule has 1 heterocycles. The Labute approximate surface area is 100 Å². The highest BCUT2D eigenvalue weighted by molar-refractivity contribution is 6.31. The Morgan fingerprint density at radius 2 is 2.25 bits per heavy atom. The van der Waals surface area contributed by atoms with E-state index in [9.17, 15) is 0 Å². The van der Waals surface area contributed by atoms with Crippen molar-refractivity contribution in [2.24, 2.45) is 5.73 Å². The third-order valence-electron chi connectivity index (χ3n) is 2.94. The SMILES string of the molecule is CC1OCCC(CN)(c2ccccc2Cl)O1. The van der Waals surface area contributed by atoms with Crippen molar-refractivity contribution in [1.82, 2.24) is 0 Å². The Kier molecular flexibility index (Phi) is 3.50. The monoisotopic (exact) mass is 241 g/mol. The second-order valence-corrected chi connectivity index (χ2v) is 4.39. The number of ether oxygens (including phenoxy) is 2. The molecule has 88 valence electrons. The van der Waals surface area contributed by atoms with Gasteiger partial charge in [0.1, 0.15) is 5.60 Å². The van der Waals surface area contributed by atoms with Gasteiger partial charge in [0.25, 0.3) is 0 Å². The molecule has 1 saturated heterocycles. The lowest BCUT2D eigenvalue weighted by Gasteiger charge is -2.40. The van der Waals surface area contributed by atoms with Crippen LogP contribution in [0.5, 0.6) is 0 Å². The van der Waals surface area contributed by atoms with Crippen molar-refractivity contribution in [2.75, 3.05) is 13.2 Å². The number of benzene rings is 1. The number of hydrogen-bond acceptors (Lipinski definition) is 3. The van der Waals surface area contributed by atoms with Crippen LogP contribution in [0.15, 0.2) is 24.3 Å². The molecule has 2 N–H and O–H groups in total. The third kappa shape index (κ3) is 2.09. The molecule has 4 heteroatoms. The fourth-order valence-corrected chi connectivity index (χ4v) is 2.40. The van der Waals surface area contributed by atoms with Crippen molar-refractivity contribution in [1.29, 1.82) is 0 Å². The van der Waals surface area contributed by atoms with Crippen LogP contribution in [0.3, 0.4) is 0 Å². The zero-order chi connectivity index (χ0) is 11.6. The lowest BCUT2D eigenvalue weighted by Crippen LogP contribution is -2.46. The molecule has 0 spiro atoms. The first kappa shape index (κ1) is 11.9. The molecule has 0 aromatic heterocycles. The van der Waals surface area contributed by atoms with Crippen LogP contribution in [-0.2, 0) is 15.1 Å². The minimum Gasteiger partial charge on any atom is -0.353 e. The van der Waals surface area contributed by atoms with E-state index in [0.29, 0.717) is 18.2 Å². The van der Waals surface area contributed by atoms with Gasteiger partial charge >= 0.3 is 0 Å². The van der Waals surface area contributed by atoms with Gasteiger partial charge in [0.15, 0.2) is 6.29 Å². The number of rotatable bonds is 2. The quantitative estimate of drug-likeness (QED) is 0.864. The first-order chi connectivity index (χ1) is 7.68. The molecule has 3 nitrogen and oxygen atoms in total. The van der Waals surface area contributed by atoms with Gasteiger partial charge in [-0.05, 0) is 13.0 Å². The summed E-state index contributed by atoms with van der Waals surface area (Å²) >= 11 is 6.20. The Hall–Kier alpha value is -0.610. The van der Waals surface area contributed by atoms with Crippen molar-refractivity contribution >= 4 is 11.6 Å². The fourth-order valence-electron chi connectivity index (χ4n) is 2.09. The van der Waals surface area contributed by atoms with Crippen LogP contribution in [0, 0.1) is 0 Å². The molecule has 0 saturated carbocycles. The third-order valence-corrected chi connectivity index (χ3v) is 3.27. The fraction of sp³-hybridized carbons (Fsp3) is 0.500. The molecule has 1 aliphatic rings. The summed E-state index contributed by atoms with van der Waals surface area (Å²) in [5, 5.41) is 0.696. The van der Waals surface area contributed by atoms with E-state index in [1.807, 2.05) is 31.2 Å². The van der Waals surface area contributed by atoms with E-state index in [0.717, 1.165) is 12.0 Å². The molecule has 0 bridgehead atoms. The standard InChI is InChI=1S/C12H16ClNO2/c1-9-15-7-6-12(8-14,16-9)10-4-2-3-5-11(10)13/h2-5,9H,6-8,14H2,1H3. The van der Waals surface area contributed by atoms with E-state index in [-0.39, 0.29) is 6.29 Å². The van der Waals surface area contributed by atoms with Gasteiger partial charge in [-0.2, -0.15) is 0 Å². The summed E-state index contributed by atoms with van der Waals surface area (Å²) in [5.74, 6) is 0. The highest BCUT2D eigenvalue weighted by Crippen LogP contribution is 2.37. The first-order valence-electron chi connectivity index (χ1n) is 5.42. The minimum atomic E-state index is -0.504. The van der Waals surface area contributed by atoms with Crippen LogP contribution >= 0.6 is 11.6 Å². The Morgan fingerprint density at radius 1 is 1.50 bits per heavy atom. The van der Waals surface area contributed by atoms with E-state index in [1.165, 1.54) is 0 Å². The molecule has 1 aromatic carbocycles. The molecule has 1 fully saturated rings. The lowest BCUT2D eigenvalue weighted by molar-refractivity contribution is -0.249. The summed E-state index contributed by atoms with van der Waals surface area (Å²) in [7, 11) is 0. The molecular weight excluding hydrogens is 226 g/mol. The number of halogens is 1. The maximum Gasteiger partial charge on any atom is 0.156 e. The molecule has 1 aliphatic heterocycles. The van der Waals surface area contributed by atoms with E-state index in [4.69, 9.17) is 26.8 Å². The van der Waals surface area contributed by atoms with Gasteiger partial charge in [-0.15, -0.1) is 0 Å². The molecule has 16 heavy (non-hydrogen) atoms. The van der Waals surface area contributed by atoms with E-state index in [2.05, 4.69) is 0 Å². The average molecular weight is 242 g/mol. The predicted molar refractivity (Wildman–Crippen MR) is 63.3 cm³/mol. The zero-order valence-electron chi connectivity index (χ0n) is 9.28. The maximum absolute atomic E-state index is 6.20. The van der Waals surface area contributed by atoms with E-state index in [1.54, 1.807) is 0 Å². The summed E-state index contributed by atoms with van der Waals surface area (Å²) in [5.41, 5.74) is 6.31. The topological polar surface area (TPSA) is 44.5 Å². The molecule has 2 rings (SSSR count). The van der Waals surface area contributed by atoms with Crippen molar-refractivity contribution in [3.8, 4) is 0 Å². The minimum absolute atomic E-state index is 0.242. The van der Waals surface area contributed by atoms with Crippen molar-refractivity contribution in [2.45, 2.75) is 25.2 Å². The maximum atomic E-state index is 6.20. The van der Waals surface area contributed by atoms with Gasteiger partial charge in [-0.25, -0.2) is 0 Å².